The summed E-state index contributed by atoms with van der Waals surface area (Å²) in [6, 6.07) is 5.87. The number of benzene rings is 1. The van der Waals surface area contributed by atoms with Gasteiger partial charge < -0.3 is 19.9 Å². The molecule has 1 N–H and O–H groups in total. The molecule has 2 aromatic rings. The highest BCUT2D eigenvalue weighted by molar-refractivity contribution is 6.36. The maximum Gasteiger partial charge on any atom is 0.339 e. The van der Waals surface area contributed by atoms with E-state index < -0.39 is 11.8 Å². The van der Waals surface area contributed by atoms with Gasteiger partial charge in [-0.05, 0) is 19.2 Å². The maximum atomic E-state index is 11.4. The lowest BCUT2D eigenvalue weighted by Crippen LogP contribution is -2.44. The van der Waals surface area contributed by atoms with Crippen LogP contribution >= 0.6 is 0 Å². The minimum absolute atomic E-state index is 0.0649. The molecule has 4 rings (SSSR count). The number of carbonyl (C=O) groups excluding carboxylic acids is 2. The second kappa shape index (κ2) is 7.31. The number of amides is 2. The summed E-state index contributed by atoms with van der Waals surface area (Å²) in [4.78, 5) is 42.9. The van der Waals surface area contributed by atoms with Gasteiger partial charge in [-0.1, -0.05) is 0 Å². The standard InChI is InChI=1S/C18H19N7O3/c1-24-5-7-25(8-6-24)11-3-4-12(14(9-11)28-2)21-18-19-10-13-15(23-18)22-17(27)16(26)20-13/h3-4,9-10H,5-8H2,1-2H3,(H,21,22,23,27). The van der Waals surface area contributed by atoms with E-state index in [0.717, 1.165) is 31.9 Å². The lowest BCUT2D eigenvalue weighted by Gasteiger charge is -2.34. The topological polar surface area (TPSA) is 112 Å². The van der Waals surface area contributed by atoms with E-state index in [9.17, 15) is 9.59 Å². The monoisotopic (exact) mass is 381 g/mol. The summed E-state index contributed by atoms with van der Waals surface area (Å²) in [6.07, 6.45) is 1.35. The molecule has 10 heteroatoms. The number of fused-ring (bicyclic) bond motifs is 1. The molecule has 0 saturated carbocycles. The van der Waals surface area contributed by atoms with Crippen LogP contribution in [0.2, 0.25) is 0 Å². The van der Waals surface area contributed by atoms with E-state index in [4.69, 9.17) is 4.74 Å². The highest BCUT2D eigenvalue weighted by atomic mass is 16.5. The van der Waals surface area contributed by atoms with Crippen molar-refractivity contribution in [3.63, 3.8) is 0 Å². The number of rotatable bonds is 4. The van der Waals surface area contributed by atoms with Gasteiger partial charge in [0.15, 0.2) is 5.49 Å². The summed E-state index contributed by atoms with van der Waals surface area (Å²) >= 11 is 0. The van der Waals surface area contributed by atoms with Crippen molar-refractivity contribution in [2.45, 2.75) is 0 Å². The van der Waals surface area contributed by atoms with E-state index in [1.807, 2.05) is 18.2 Å². The Labute approximate surface area is 160 Å². The number of hydrogen-bond acceptors (Lipinski definition) is 8. The van der Waals surface area contributed by atoms with Crippen molar-refractivity contribution in [1.29, 1.82) is 0 Å². The smallest absolute Gasteiger partial charge is 0.339 e. The molecule has 1 fully saturated rings. The Hall–Kier alpha value is -3.40. The minimum atomic E-state index is -0.939. The molecule has 1 saturated heterocycles. The highest BCUT2D eigenvalue weighted by Crippen LogP contribution is 2.31. The first-order chi connectivity index (χ1) is 13.5. The zero-order valence-electron chi connectivity index (χ0n) is 15.5. The number of likely N-dealkylation sites (N-methyl/N-ethyl adjacent to an activating group) is 1. The predicted molar refractivity (Wildman–Crippen MR) is 100 cm³/mol. The first-order valence-electron chi connectivity index (χ1n) is 8.81. The summed E-state index contributed by atoms with van der Waals surface area (Å²) in [7, 11) is 3.72. The van der Waals surface area contributed by atoms with E-state index in [1.54, 1.807) is 7.11 Å². The Bertz CT molecular complexity index is 1060. The van der Waals surface area contributed by atoms with Gasteiger partial charge >= 0.3 is 11.8 Å². The van der Waals surface area contributed by atoms with Gasteiger partial charge in [0.2, 0.25) is 5.95 Å². The SMILES string of the molecule is COc1cc(N2CCN(C)CC2)ccc1Nc1ncc2c(n1)=NC(=O)C(=O)N=2. The van der Waals surface area contributed by atoms with Gasteiger partial charge in [0.05, 0.1) is 19.0 Å². The number of carbonyl (C=O) groups is 2. The van der Waals surface area contributed by atoms with Crippen LogP contribution in [0.3, 0.4) is 0 Å². The van der Waals surface area contributed by atoms with E-state index >= 15 is 0 Å². The molecule has 0 aliphatic carbocycles. The van der Waals surface area contributed by atoms with Crippen molar-refractivity contribution >= 4 is 29.1 Å². The van der Waals surface area contributed by atoms with Gasteiger partial charge in [-0.25, -0.2) is 4.98 Å². The van der Waals surface area contributed by atoms with Crippen LogP contribution in [0.4, 0.5) is 17.3 Å². The molecular formula is C18H19N7O3. The average Bonchev–Trinajstić information content (AvgIpc) is 2.70. The second-order valence-corrected chi connectivity index (χ2v) is 6.54. The van der Waals surface area contributed by atoms with Crippen molar-refractivity contribution in [2.24, 2.45) is 9.98 Å². The highest BCUT2D eigenvalue weighted by Gasteiger charge is 2.18. The fourth-order valence-electron chi connectivity index (χ4n) is 3.05. The largest absolute Gasteiger partial charge is 0.494 e. The van der Waals surface area contributed by atoms with Crippen LogP contribution in [0.15, 0.2) is 34.4 Å². The van der Waals surface area contributed by atoms with Crippen molar-refractivity contribution in [3.05, 3.63) is 35.2 Å². The fraction of sp³-hybridized carbons (Fsp3) is 0.333. The molecule has 0 radical (unpaired) electrons. The number of methoxy groups -OCH3 is 1. The number of anilines is 3. The third-order valence-corrected chi connectivity index (χ3v) is 4.66. The molecule has 0 spiro atoms. The summed E-state index contributed by atoms with van der Waals surface area (Å²) in [5.74, 6) is -0.986. The molecule has 1 aromatic carbocycles. The van der Waals surface area contributed by atoms with Crippen LogP contribution in [0.5, 0.6) is 5.75 Å². The van der Waals surface area contributed by atoms with Gasteiger partial charge in [0, 0.05) is 37.9 Å². The summed E-state index contributed by atoms with van der Waals surface area (Å²) in [5, 5.41) is 3.24. The lowest BCUT2D eigenvalue weighted by molar-refractivity contribution is -0.135. The molecule has 144 valence electrons. The van der Waals surface area contributed by atoms with Crippen molar-refractivity contribution in [3.8, 4) is 5.75 Å². The van der Waals surface area contributed by atoms with Gasteiger partial charge in [-0.2, -0.15) is 15.0 Å². The molecule has 0 atom stereocenters. The number of aromatic nitrogens is 2. The molecule has 3 heterocycles. The maximum absolute atomic E-state index is 11.4. The third-order valence-electron chi connectivity index (χ3n) is 4.66. The van der Waals surface area contributed by atoms with Crippen molar-refractivity contribution < 1.29 is 14.3 Å². The van der Waals surface area contributed by atoms with Gasteiger partial charge in [0.25, 0.3) is 0 Å². The summed E-state index contributed by atoms with van der Waals surface area (Å²) in [6.45, 7) is 3.94. The van der Waals surface area contributed by atoms with Gasteiger partial charge in [-0.3, -0.25) is 9.59 Å². The molecular weight excluding hydrogens is 362 g/mol. The number of hydrogen-bond donors (Lipinski definition) is 1. The van der Waals surface area contributed by atoms with Crippen molar-refractivity contribution in [1.82, 2.24) is 14.9 Å². The zero-order valence-corrected chi connectivity index (χ0v) is 15.5. The molecule has 0 bridgehead atoms. The average molecular weight is 381 g/mol. The van der Waals surface area contributed by atoms with Crippen LogP contribution in [0, 0.1) is 0 Å². The van der Waals surface area contributed by atoms with Gasteiger partial charge in [-0.15, -0.1) is 0 Å². The zero-order chi connectivity index (χ0) is 19.7. The van der Waals surface area contributed by atoms with Gasteiger partial charge in [0.1, 0.15) is 11.1 Å². The van der Waals surface area contributed by atoms with Crippen LogP contribution in [-0.2, 0) is 9.59 Å². The van der Waals surface area contributed by atoms with Crippen LogP contribution < -0.4 is 25.8 Å². The molecule has 0 unspecified atom stereocenters. The van der Waals surface area contributed by atoms with Crippen LogP contribution in [0.25, 0.3) is 0 Å². The normalized spacial score (nSPS) is 16.9. The number of nitrogens with one attached hydrogen (secondary N) is 1. The van der Waals surface area contributed by atoms with E-state index in [-0.39, 0.29) is 16.8 Å². The quantitative estimate of drug-likeness (QED) is 0.691. The molecule has 10 nitrogen and oxygen atoms in total. The van der Waals surface area contributed by atoms with Crippen LogP contribution in [0.1, 0.15) is 0 Å². The number of nitrogens with zero attached hydrogens (tertiary/aromatic N) is 6. The Kier molecular flexibility index (Phi) is 4.70. The Morgan fingerprint density at radius 1 is 1.07 bits per heavy atom. The number of piperazine rings is 1. The minimum Gasteiger partial charge on any atom is -0.494 e. The fourth-order valence-corrected chi connectivity index (χ4v) is 3.05. The molecule has 2 aliphatic rings. The second-order valence-electron chi connectivity index (χ2n) is 6.54. The first-order valence-corrected chi connectivity index (χ1v) is 8.81. The molecule has 1 aromatic heterocycles. The molecule has 2 amide bonds. The van der Waals surface area contributed by atoms with E-state index in [2.05, 4.69) is 42.1 Å². The molecule has 2 aliphatic heterocycles. The summed E-state index contributed by atoms with van der Waals surface area (Å²) < 4.78 is 5.52. The first kappa shape index (κ1) is 18.0. The Morgan fingerprint density at radius 2 is 1.82 bits per heavy atom. The summed E-state index contributed by atoms with van der Waals surface area (Å²) in [5.41, 5.74) is 1.82. The Morgan fingerprint density at radius 3 is 2.57 bits per heavy atom. The predicted octanol–water partition coefficient (Wildman–Crippen LogP) is -0.713. The van der Waals surface area contributed by atoms with E-state index in [0.29, 0.717) is 11.4 Å². The van der Waals surface area contributed by atoms with Crippen molar-refractivity contribution in [2.75, 3.05) is 50.6 Å². The lowest BCUT2D eigenvalue weighted by atomic mass is 10.2. The van der Waals surface area contributed by atoms with Crippen LogP contribution in [-0.4, -0.2) is 67.0 Å². The number of ether oxygens (including phenoxy) is 1. The third kappa shape index (κ3) is 3.54. The Balaban J connectivity index is 1.59. The van der Waals surface area contributed by atoms with E-state index in [1.165, 1.54) is 6.20 Å². The molecule has 28 heavy (non-hydrogen) atoms.